The average Bonchev–Trinajstić information content (AvgIpc) is 2.77. The van der Waals surface area contributed by atoms with Crippen LogP contribution in [0.2, 0.25) is 0 Å². The minimum Gasteiger partial charge on any atom is -0.0613 e. The van der Waals surface area contributed by atoms with Crippen LogP contribution in [0.4, 0.5) is 0 Å². The first-order chi connectivity index (χ1) is 13.7. The number of aryl methyl sites for hydroxylation is 4. The van der Waals surface area contributed by atoms with Crippen LogP contribution in [0.5, 0.6) is 0 Å². The molecule has 0 spiro atoms. The number of hydrogen-bond acceptors (Lipinski definition) is 0. The second-order valence-corrected chi connectivity index (χ2v) is 7.57. The van der Waals surface area contributed by atoms with Crippen LogP contribution >= 0.6 is 0 Å². The van der Waals surface area contributed by atoms with Crippen LogP contribution in [0, 0.1) is 0 Å². The molecule has 0 saturated heterocycles. The Labute approximate surface area is 171 Å². The number of rotatable bonds is 7. The highest BCUT2D eigenvalue weighted by atomic mass is 14.2. The molecule has 0 aliphatic rings. The first-order valence-corrected chi connectivity index (χ1v) is 11.0. The van der Waals surface area contributed by atoms with Gasteiger partial charge in [-0.1, -0.05) is 89.2 Å². The second kappa shape index (κ2) is 9.24. The summed E-state index contributed by atoms with van der Waals surface area (Å²) in [7, 11) is 0. The molecular formula is C28H34. The molecule has 0 radical (unpaired) electrons. The van der Waals surface area contributed by atoms with Crippen LogP contribution in [-0.2, 0) is 32.1 Å². The summed E-state index contributed by atoms with van der Waals surface area (Å²) in [6.45, 7) is 11.3. The van der Waals surface area contributed by atoms with E-state index in [1.807, 2.05) is 0 Å². The van der Waals surface area contributed by atoms with Gasteiger partial charge in [0.15, 0.2) is 0 Å². The molecular weight excluding hydrogens is 336 g/mol. The van der Waals surface area contributed by atoms with E-state index in [-0.39, 0.29) is 0 Å². The van der Waals surface area contributed by atoms with Crippen LogP contribution in [0.25, 0.3) is 22.3 Å². The average molecular weight is 371 g/mol. The summed E-state index contributed by atoms with van der Waals surface area (Å²) in [6, 6.07) is 21.0. The van der Waals surface area contributed by atoms with Crippen molar-refractivity contribution < 1.29 is 0 Å². The third-order valence-electron chi connectivity index (χ3n) is 6.06. The summed E-state index contributed by atoms with van der Waals surface area (Å²) in [5.74, 6) is 0. The van der Waals surface area contributed by atoms with E-state index in [4.69, 9.17) is 0 Å². The van der Waals surface area contributed by atoms with Crippen molar-refractivity contribution in [2.24, 2.45) is 0 Å². The minimum atomic E-state index is 1.05. The van der Waals surface area contributed by atoms with Gasteiger partial charge in [-0.3, -0.25) is 0 Å². The molecule has 0 saturated carbocycles. The number of hydrogen-bond donors (Lipinski definition) is 0. The van der Waals surface area contributed by atoms with Crippen LogP contribution < -0.4 is 0 Å². The highest BCUT2D eigenvalue weighted by molar-refractivity contribution is 5.81. The minimum absolute atomic E-state index is 1.05. The summed E-state index contributed by atoms with van der Waals surface area (Å²) in [5, 5.41) is 0. The maximum absolute atomic E-state index is 2.42. The molecule has 0 heteroatoms. The van der Waals surface area contributed by atoms with E-state index in [9.17, 15) is 0 Å². The van der Waals surface area contributed by atoms with E-state index in [0.717, 1.165) is 32.1 Å². The summed E-state index contributed by atoms with van der Waals surface area (Å²) >= 11 is 0. The fraction of sp³-hybridized carbons (Fsp3) is 0.357. The largest absolute Gasteiger partial charge is 0.0613 e. The standard InChI is InChI=1S/C28H34/c1-6-20-11-13-24(14-12-20)28-22(8-3)17-18-27(26(28)10-5)25-16-15-21(7-2)23(9-4)19-25/h11-19H,6-10H2,1-5H3. The molecule has 0 unspecified atom stereocenters. The Bertz CT molecular complexity index is 929. The Morgan fingerprint density at radius 3 is 1.68 bits per heavy atom. The van der Waals surface area contributed by atoms with Gasteiger partial charge < -0.3 is 0 Å². The van der Waals surface area contributed by atoms with Crippen molar-refractivity contribution in [1.29, 1.82) is 0 Å². The van der Waals surface area contributed by atoms with E-state index >= 15 is 0 Å². The van der Waals surface area contributed by atoms with Crippen molar-refractivity contribution in [2.45, 2.75) is 66.7 Å². The van der Waals surface area contributed by atoms with E-state index in [0.29, 0.717) is 0 Å². The molecule has 146 valence electrons. The SMILES string of the molecule is CCc1ccc(-c2c(CC)ccc(-c3ccc(CC)c(CC)c3)c2CC)cc1. The lowest BCUT2D eigenvalue weighted by molar-refractivity contribution is 1.04. The van der Waals surface area contributed by atoms with Gasteiger partial charge in [0.25, 0.3) is 0 Å². The van der Waals surface area contributed by atoms with Gasteiger partial charge in [-0.2, -0.15) is 0 Å². The van der Waals surface area contributed by atoms with Crippen LogP contribution in [0.15, 0.2) is 54.6 Å². The molecule has 0 aliphatic heterocycles. The van der Waals surface area contributed by atoms with Gasteiger partial charge >= 0.3 is 0 Å². The van der Waals surface area contributed by atoms with Gasteiger partial charge in [0.1, 0.15) is 0 Å². The summed E-state index contributed by atoms with van der Waals surface area (Å²) < 4.78 is 0. The van der Waals surface area contributed by atoms with Crippen molar-refractivity contribution >= 4 is 0 Å². The quantitative estimate of drug-likeness (QED) is 0.397. The molecule has 0 heterocycles. The summed E-state index contributed by atoms with van der Waals surface area (Å²) in [4.78, 5) is 0. The van der Waals surface area contributed by atoms with Crippen molar-refractivity contribution in [3.05, 3.63) is 82.4 Å². The second-order valence-electron chi connectivity index (χ2n) is 7.57. The molecule has 3 aromatic rings. The zero-order valence-electron chi connectivity index (χ0n) is 18.2. The fourth-order valence-electron chi connectivity index (χ4n) is 4.36. The van der Waals surface area contributed by atoms with Crippen molar-refractivity contribution in [1.82, 2.24) is 0 Å². The Morgan fingerprint density at radius 1 is 0.500 bits per heavy atom. The van der Waals surface area contributed by atoms with E-state index in [2.05, 4.69) is 89.2 Å². The molecule has 3 aromatic carbocycles. The first-order valence-electron chi connectivity index (χ1n) is 11.0. The van der Waals surface area contributed by atoms with Crippen LogP contribution in [0.3, 0.4) is 0 Å². The lowest BCUT2D eigenvalue weighted by Crippen LogP contribution is -1.99. The first kappa shape index (κ1) is 20.4. The molecule has 0 amide bonds. The summed E-state index contributed by atoms with van der Waals surface area (Å²) in [5.41, 5.74) is 12.8. The highest BCUT2D eigenvalue weighted by Crippen LogP contribution is 2.37. The van der Waals surface area contributed by atoms with Gasteiger partial charge in [-0.05, 0) is 82.2 Å². The Balaban J connectivity index is 2.21. The lowest BCUT2D eigenvalue weighted by Gasteiger charge is -2.19. The van der Waals surface area contributed by atoms with Gasteiger partial charge in [-0.15, -0.1) is 0 Å². The molecule has 0 nitrogen and oxygen atoms in total. The lowest BCUT2D eigenvalue weighted by atomic mass is 9.85. The van der Waals surface area contributed by atoms with E-state index < -0.39 is 0 Å². The Kier molecular flexibility index (Phi) is 6.73. The predicted octanol–water partition coefficient (Wildman–Crippen LogP) is 7.83. The molecule has 0 bridgehead atoms. The summed E-state index contributed by atoms with van der Waals surface area (Å²) in [6.07, 6.45) is 5.40. The predicted molar refractivity (Wildman–Crippen MR) is 124 cm³/mol. The van der Waals surface area contributed by atoms with Crippen molar-refractivity contribution in [3.8, 4) is 22.3 Å². The van der Waals surface area contributed by atoms with Gasteiger partial charge in [0.05, 0.1) is 0 Å². The molecule has 0 fully saturated rings. The molecule has 0 aromatic heterocycles. The highest BCUT2D eigenvalue weighted by Gasteiger charge is 2.15. The zero-order chi connectivity index (χ0) is 20.1. The monoisotopic (exact) mass is 370 g/mol. The molecule has 28 heavy (non-hydrogen) atoms. The van der Waals surface area contributed by atoms with Crippen LogP contribution in [-0.4, -0.2) is 0 Å². The maximum Gasteiger partial charge on any atom is -0.0114 e. The maximum atomic E-state index is 2.42. The van der Waals surface area contributed by atoms with E-state index in [1.54, 1.807) is 0 Å². The van der Waals surface area contributed by atoms with Gasteiger partial charge in [0.2, 0.25) is 0 Å². The smallest absolute Gasteiger partial charge is 0.0114 e. The third kappa shape index (κ3) is 3.92. The Hall–Kier alpha value is -2.34. The topological polar surface area (TPSA) is 0 Å². The zero-order valence-corrected chi connectivity index (χ0v) is 18.2. The van der Waals surface area contributed by atoms with Gasteiger partial charge in [0, 0.05) is 0 Å². The molecule has 0 aliphatic carbocycles. The molecule has 0 atom stereocenters. The fourth-order valence-corrected chi connectivity index (χ4v) is 4.36. The Morgan fingerprint density at radius 2 is 1.11 bits per heavy atom. The van der Waals surface area contributed by atoms with Crippen molar-refractivity contribution in [2.75, 3.05) is 0 Å². The molecule has 0 N–H and O–H groups in total. The van der Waals surface area contributed by atoms with Crippen molar-refractivity contribution in [3.63, 3.8) is 0 Å². The van der Waals surface area contributed by atoms with E-state index in [1.165, 1.54) is 50.1 Å². The number of benzene rings is 3. The van der Waals surface area contributed by atoms with Crippen LogP contribution in [0.1, 0.15) is 62.4 Å². The normalized spacial score (nSPS) is 11.0. The third-order valence-corrected chi connectivity index (χ3v) is 6.06. The van der Waals surface area contributed by atoms with Gasteiger partial charge in [-0.25, -0.2) is 0 Å². The molecule has 3 rings (SSSR count).